The molecule has 1 saturated carbocycles. The number of amides is 2. The van der Waals surface area contributed by atoms with Gasteiger partial charge in [-0.2, -0.15) is 0 Å². The quantitative estimate of drug-likeness (QED) is 0.757. The fourth-order valence-corrected chi connectivity index (χ4v) is 3.44. The van der Waals surface area contributed by atoms with Crippen molar-refractivity contribution >= 4 is 17.5 Å². The van der Waals surface area contributed by atoms with Crippen LogP contribution in [0.25, 0.3) is 0 Å². The van der Waals surface area contributed by atoms with Gasteiger partial charge in [0, 0.05) is 22.9 Å². The third-order valence-electron chi connectivity index (χ3n) is 4.79. The van der Waals surface area contributed by atoms with E-state index in [9.17, 15) is 9.59 Å². The van der Waals surface area contributed by atoms with E-state index < -0.39 is 0 Å². The van der Waals surface area contributed by atoms with Crippen LogP contribution >= 0.6 is 0 Å². The monoisotopic (exact) mass is 380 g/mol. The van der Waals surface area contributed by atoms with E-state index in [1.54, 1.807) is 42.5 Å². The standard InChI is InChI=1S/C23H28N2O3/c1-16(2)28-21-13-7-9-18(15-21)23(27)25-20-12-6-8-17(14-20)22(26)24-19-10-4-3-5-11-19/h6-9,12-16,19H,3-5,10-11H2,1-2H3,(H,24,26)(H,25,27). The molecule has 2 amide bonds. The SMILES string of the molecule is CC(C)Oc1cccc(C(=O)Nc2cccc(C(=O)NC3CCCCC3)c2)c1. The summed E-state index contributed by atoms with van der Waals surface area (Å²) in [5.41, 5.74) is 1.66. The molecule has 0 aliphatic heterocycles. The second kappa shape index (κ2) is 9.40. The van der Waals surface area contributed by atoms with E-state index in [0.717, 1.165) is 12.8 Å². The van der Waals surface area contributed by atoms with Gasteiger partial charge in [0.15, 0.2) is 0 Å². The van der Waals surface area contributed by atoms with Gasteiger partial charge in [0.2, 0.25) is 0 Å². The Balaban J connectivity index is 1.65. The van der Waals surface area contributed by atoms with Crippen LogP contribution in [0.4, 0.5) is 5.69 Å². The molecule has 5 nitrogen and oxygen atoms in total. The van der Waals surface area contributed by atoms with Crippen molar-refractivity contribution in [3.8, 4) is 5.75 Å². The van der Waals surface area contributed by atoms with Crippen molar-refractivity contribution in [1.82, 2.24) is 5.32 Å². The lowest BCUT2D eigenvalue weighted by molar-refractivity contribution is 0.0926. The number of ether oxygens (including phenoxy) is 1. The molecule has 0 spiro atoms. The van der Waals surface area contributed by atoms with Crippen LogP contribution in [0.15, 0.2) is 48.5 Å². The molecule has 2 N–H and O–H groups in total. The first-order valence-corrected chi connectivity index (χ1v) is 10.0. The van der Waals surface area contributed by atoms with Gasteiger partial charge in [-0.3, -0.25) is 9.59 Å². The number of hydrogen-bond donors (Lipinski definition) is 2. The molecule has 1 aliphatic carbocycles. The fraction of sp³-hybridized carbons (Fsp3) is 0.391. The largest absolute Gasteiger partial charge is 0.491 e. The van der Waals surface area contributed by atoms with Crippen molar-refractivity contribution in [2.75, 3.05) is 5.32 Å². The van der Waals surface area contributed by atoms with Crippen molar-refractivity contribution in [1.29, 1.82) is 0 Å². The summed E-state index contributed by atoms with van der Waals surface area (Å²) in [4.78, 5) is 25.1. The highest BCUT2D eigenvalue weighted by Gasteiger charge is 2.17. The molecule has 0 bridgehead atoms. The number of anilines is 1. The van der Waals surface area contributed by atoms with Gasteiger partial charge in [0.05, 0.1) is 6.10 Å². The molecular formula is C23H28N2O3. The maximum Gasteiger partial charge on any atom is 0.255 e. The lowest BCUT2D eigenvalue weighted by Gasteiger charge is -2.22. The molecule has 2 aromatic rings. The minimum atomic E-state index is -0.237. The van der Waals surface area contributed by atoms with Crippen LogP contribution in [0.1, 0.15) is 66.7 Å². The third-order valence-corrected chi connectivity index (χ3v) is 4.79. The minimum Gasteiger partial charge on any atom is -0.491 e. The molecule has 1 fully saturated rings. The molecule has 0 unspecified atom stereocenters. The Kier molecular flexibility index (Phi) is 6.69. The van der Waals surface area contributed by atoms with Gasteiger partial charge in [0.25, 0.3) is 11.8 Å². The minimum absolute atomic E-state index is 0.0395. The van der Waals surface area contributed by atoms with Crippen LogP contribution in [0.5, 0.6) is 5.75 Å². The third kappa shape index (κ3) is 5.59. The summed E-state index contributed by atoms with van der Waals surface area (Å²) >= 11 is 0. The van der Waals surface area contributed by atoms with Crippen molar-refractivity contribution in [3.05, 3.63) is 59.7 Å². The zero-order chi connectivity index (χ0) is 19.9. The number of nitrogens with one attached hydrogen (secondary N) is 2. The van der Waals surface area contributed by atoms with E-state index in [4.69, 9.17) is 4.74 Å². The number of carbonyl (C=O) groups is 2. The Labute approximate surface area is 166 Å². The second-order valence-electron chi connectivity index (χ2n) is 7.54. The van der Waals surface area contributed by atoms with Crippen molar-refractivity contribution in [3.63, 3.8) is 0 Å². The van der Waals surface area contributed by atoms with E-state index in [0.29, 0.717) is 22.6 Å². The lowest BCUT2D eigenvalue weighted by Crippen LogP contribution is -2.36. The zero-order valence-corrected chi connectivity index (χ0v) is 16.5. The first-order chi connectivity index (χ1) is 13.5. The second-order valence-corrected chi connectivity index (χ2v) is 7.54. The molecule has 1 aliphatic rings. The first kappa shape index (κ1) is 19.9. The molecule has 0 aromatic heterocycles. The smallest absolute Gasteiger partial charge is 0.255 e. The molecule has 0 atom stereocenters. The van der Waals surface area contributed by atoms with E-state index in [2.05, 4.69) is 10.6 Å². The van der Waals surface area contributed by atoms with E-state index >= 15 is 0 Å². The summed E-state index contributed by atoms with van der Waals surface area (Å²) in [6.07, 6.45) is 5.70. The van der Waals surface area contributed by atoms with E-state index in [-0.39, 0.29) is 24.0 Å². The normalized spacial score (nSPS) is 14.5. The van der Waals surface area contributed by atoms with Crippen molar-refractivity contribution in [2.45, 2.75) is 58.1 Å². The Morgan fingerprint density at radius 3 is 2.32 bits per heavy atom. The summed E-state index contributed by atoms with van der Waals surface area (Å²) in [6, 6.07) is 14.4. The summed E-state index contributed by atoms with van der Waals surface area (Å²) in [5, 5.41) is 5.97. The predicted molar refractivity (Wildman–Crippen MR) is 111 cm³/mol. The van der Waals surface area contributed by atoms with Crippen LogP contribution < -0.4 is 15.4 Å². The van der Waals surface area contributed by atoms with Crippen molar-refractivity contribution < 1.29 is 14.3 Å². The van der Waals surface area contributed by atoms with Gasteiger partial charge in [-0.15, -0.1) is 0 Å². The van der Waals surface area contributed by atoms with Gasteiger partial charge in [-0.05, 0) is 63.1 Å². The number of carbonyl (C=O) groups excluding carboxylic acids is 2. The maximum absolute atomic E-state index is 12.6. The van der Waals surface area contributed by atoms with Crippen LogP contribution in [-0.2, 0) is 0 Å². The number of hydrogen-bond acceptors (Lipinski definition) is 3. The average Bonchev–Trinajstić information content (AvgIpc) is 2.68. The predicted octanol–water partition coefficient (Wildman–Crippen LogP) is 4.79. The molecule has 2 aromatic carbocycles. The molecule has 28 heavy (non-hydrogen) atoms. The van der Waals surface area contributed by atoms with Gasteiger partial charge in [-0.25, -0.2) is 0 Å². The van der Waals surface area contributed by atoms with Crippen LogP contribution in [0.2, 0.25) is 0 Å². The highest BCUT2D eigenvalue weighted by molar-refractivity contribution is 6.05. The molecule has 0 saturated heterocycles. The van der Waals surface area contributed by atoms with Gasteiger partial charge in [-0.1, -0.05) is 31.4 Å². The highest BCUT2D eigenvalue weighted by atomic mass is 16.5. The summed E-state index contributed by atoms with van der Waals surface area (Å²) < 4.78 is 5.65. The van der Waals surface area contributed by atoms with Crippen LogP contribution in [0.3, 0.4) is 0 Å². The summed E-state index contributed by atoms with van der Waals surface area (Å²) in [7, 11) is 0. The average molecular weight is 380 g/mol. The zero-order valence-electron chi connectivity index (χ0n) is 16.5. The van der Waals surface area contributed by atoms with E-state index in [1.807, 2.05) is 19.9 Å². The first-order valence-electron chi connectivity index (χ1n) is 10.0. The molecule has 0 heterocycles. The number of benzene rings is 2. The van der Waals surface area contributed by atoms with Gasteiger partial charge in [0.1, 0.15) is 5.75 Å². The Morgan fingerprint density at radius 1 is 0.929 bits per heavy atom. The van der Waals surface area contributed by atoms with Crippen LogP contribution in [-0.4, -0.2) is 24.0 Å². The fourth-order valence-electron chi connectivity index (χ4n) is 3.44. The molecule has 0 radical (unpaired) electrons. The Hall–Kier alpha value is -2.82. The topological polar surface area (TPSA) is 67.4 Å². The summed E-state index contributed by atoms with van der Waals surface area (Å²) in [6.45, 7) is 3.88. The number of rotatable bonds is 6. The molecular weight excluding hydrogens is 352 g/mol. The molecule has 3 rings (SSSR count). The van der Waals surface area contributed by atoms with Gasteiger partial charge < -0.3 is 15.4 Å². The van der Waals surface area contributed by atoms with Crippen LogP contribution in [0, 0.1) is 0 Å². The Morgan fingerprint density at radius 2 is 1.61 bits per heavy atom. The molecule has 5 heteroatoms. The lowest BCUT2D eigenvalue weighted by atomic mass is 9.95. The van der Waals surface area contributed by atoms with Crippen molar-refractivity contribution in [2.24, 2.45) is 0 Å². The van der Waals surface area contributed by atoms with E-state index in [1.165, 1.54) is 19.3 Å². The maximum atomic E-state index is 12.6. The van der Waals surface area contributed by atoms with Gasteiger partial charge >= 0.3 is 0 Å². The Bertz CT molecular complexity index is 826. The molecule has 148 valence electrons. The summed E-state index contributed by atoms with van der Waals surface area (Å²) in [5.74, 6) is 0.331. The highest BCUT2D eigenvalue weighted by Crippen LogP contribution is 2.19.